The molecule has 2 unspecified atom stereocenters. The molecule has 5 heteroatoms. The molecule has 2 atom stereocenters. The van der Waals surface area contributed by atoms with Crippen molar-refractivity contribution in [2.24, 2.45) is 10.4 Å². The zero-order valence-corrected chi connectivity index (χ0v) is 25.7. The van der Waals surface area contributed by atoms with Gasteiger partial charge in [0.05, 0.1) is 0 Å². The first kappa shape index (κ1) is 27.2. The lowest BCUT2D eigenvalue weighted by Gasteiger charge is -2.45. The lowest BCUT2D eigenvalue weighted by Crippen LogP contribution is -2.55. The van der Waals surface area contributed by atoms with Crippen molar-refractivity contribution in [1.29, 1.82) is 0 Å². The van der Waals surface area contributed by atoms with Crippen LogP contribution in [-0.2, 0) is 6.42 Å². The Hall–Kier alpha value is -4.61. The number of nitrogens with zero attached hydrogens (tertiary/aromatic N) is 3. The van der Waals surface area contributed by atoms with Gasteiger partial charge in [0.25, 0.3) is 0 Å². The van der Waals surface area contributed by atoms with E-state index in [0.29, 0.717) is 6.42 Å². The Morgan fingerprint density at radius 2 is 1.65 bits per heavy atom. The summed E-state index contributed by atoms with van der Waals surface area (Å²) in [6, 6.07) is 31.6. The maximum atomic E-state index is 6.76. The molecule has 0 amide bonds. The lowest BCUT2D eigenvalue weighted by molar-refractivity contribution is -0.547. The molecular formula is C38H34N3OS+. The molecule has 0 saturated carbocycles. The molecule has 4 nitrogen and oxygen atoms in total. The third-order valence-corrected chi connectivity index (χ3v) is 9.65. The summed E-state index contributed by atoms with van der Waals surface area (Å²) in [5, 5.41) is 2.17. The minimum absolute atomic E-state index is 0.592. The van der Waals surface area contributed by atoms with Gasteiger partial charge in [0.15, 0.2) is 16.6 Å². The monoisotopic (exact) mass is 580 g/mol. The minimum atomic E-state index is -0.824. The van der Waals surface area contributed by atoms with Crippen molar-refractivity contribution in [2.45, 2.75) is 32.7 Å². The molecule has 0 spiro atoms. The number of hydrogen-bond acceptors (Lipinski definition) is 3. The second kappa shape index (κ2) is 9.72. The van der Waals surface area contributed by atoms with Gasteiger partial charge in [-0.15, -0.1) is 12.6 Å². The Balaban J connectivity index is 1.72. The molecule has 43 heavy (non-hydrogen) atoms. The SMILES string of the molecule is C=NC1(C)C(=C)[n+]2c(n(-c3ccccc3)c3ccccc32)-c2c(ccc3c2oc2ccccc23)CC1(C)C(=C)/C=C(\C)S. The maximum Gasteiger partial charge on any atom is 0.304 e. The number of imidazole rings is 1. The summed E-state index contributed by atoms with van der Waals surface area (Å²) in [7, 11) is 0. The fourth-order valence-electron chi connectivity index (χ4n) is 6.92. The molecular weight excluding hydrogens is 547 g/mol. The van der Waals surface area contributed by atoms with E-state index >= 15 is 0 Å². The number of fused-ring (bicyclic) bond motifs is 9. The topological polar surface area (TPSA) is 34.3 Å². The number of furan rings is 1. The highest BCUT2D eigenvalue weighted by Gasteiger charge is 2.54. The first-order valence-corrected chi connectivity index (χ1v) is 14.9. The number of aromatic nitrogens is 2. The Morgan fingerprint density at radius 3 is 2.40 bits per heavy atom. The van der Waals surface area contributed by atoms with Crippen LogP contribution in [-0.4, -0.2) is 16.8 Å². The third-order valence-electron chi connectivity index (χ3n) is 9.52. The van der Waals surface area contributed by atoms with Crippen molar-refractivity contribution in [3.63, 3.8) is 0 Å². The first-order valence-electron chi connectivity index (χ1n) is 14.5. The van der Waals surface area contributed by atoms with Crippen molar-refractivity contribution in [2.75, 3.05) is 0 Å². The van der Waals surface area contributed by atoms with Gasteiger partial charge in [-0.2, -0.15) is 9.13 Å². The number of benzene rings is 4. The van der Waals surface area contributed by atoms with Crippen molar-refractivity contribution in [3.8, 4) is 17.1 Å². The Kier molecular flexibility index (Phi) is 6.15. The average Bonchev–Trinajstić information content (AvgIpc) is 3.55. The fourth-order valence-corrected chi connectivity index (χ4v) is 7.08. The van der Waals surface area contributed by atoms with Crippen molar-refractivity contribution in [3.05, 3.63) is 126 Å². The minimum Gasteiger partial charge on any atom is -0.455 e. The van der Waals surface area contributed by atoms with E-state index in [1.807, 2.05) is 31.2 Å². The van der Waals surface area contributed by atoms with Crippen LogP contribution in [0.2, 0.25) is 0 Å². The van der Waals surface area contributed by atoms with E-state index in [1.54, 1.807) is 0 Å². The molecule has 0 fully saturated rings. The molecule has 4 aromatic carbocycles. The summed E-state index contributed by atoms with van der Waals surface area (Å²) in [6.07, 6.45) is 2.68. The number of thiol groups is 1. The van der Waals surface area contributed by atoms with E-state index in [1.165, 1.54) is 0 Å². The van der Waals surface area contributed by atoms with Crippen LogP contribution in [0.25, 0.3) is 55.7 Å². The van der Waals surface area contributed by atoms with E-state index in [4.69, 9.17) is 16.0 Å². The van der Waals surface area contributed by atoms with E-state index in [2.05, 4.69) is 122 Å². The van der Waals surface area contributed by atoms with Crippen LogP contribution in [0.4, 0.5) is 0 Å². The predicted molar refractivity (Wildman–Crippen MR) is 183 cm³/mol. The Labute approximate surface area is 257 Å². The van der Waals surface area contributed by atoms with Gasteiger partial charge >= 0.3 is 5.82 Å². The molecule has 1 aliphatic heterocycles. The standard InChI is InChI=1S/C38H33N3OS/c1-24(22-25(2)43)37(4)23-27-20-21-30-29-16-10-13-19-33(29)42-35(30)34(27)36-40(26(3)38(37,5)39-6)31-17-11-12-18-32(31)41(36)28-14-8-7-9-15-28/h7-22H,1,3,6,23H2,2,4-5H3/p+1/b25-22+. The molecule has 212 valence electrons. The zero-order chi connectivity index (χ0) is 30.1. The van der Waals surface area contributed by atoms with Gasteiger partial charge in [0, 0.05) is 16.2 Å². The molecule has 3 heterocycles. The largest absolute Gasteiger partial charge is 0.455 e. The summed E-state index contributed by atoms with van der Waals surface area (Å²) in [5.74, 6) is 0.973. The number of rotatable bonds is 4. The summed E-state index contributed by atoms with van der Waals surface area (Å²) < 4.78 is 11.4. The highest BCUT2D eigenvalue weighted by atomic mass is 32.1. The zero-order valence-electron chi connectivity index (χ0n) is 24.8. The summed E-state index contributed by atoms with van der Waals surface area (Å²) in [5.41, 5.74) is 7.33. The van der Waals surface area contributed by atoms with E-state index < -0.39 is 11.0 Å². The predicted octanol–water partition coefficient (Wildman–Crippen LogP) is 9.37. The average molecular weight is 581 g/mol. The van der Waals surface area contributed by atoms with Crippen LogP contribution in [0, 0.1) is 5.41 Å². The van der Waals surface area contributed by atoms with Gasteiger partial charge in [-0.3, -0.25) is 4.99 Å². The molecule has 1 aliphatic rings. The molecule has 0 aliphatic carbocycles. The van der Waals surface area contributed by atoms with E-state index in [9.17, 15) is 0 Å². The van der Waals surface area contributed by atoms with Gasteiger partial charge in [0.1, 0.15) is 28.1 Å². The van der Waals surface area contributed by atoms with E-state index in [-0.39, 0.29) is 0 Å². The molecule has 2 aromatic heterocycles. The first-order chi connectivity index (χ1) is 20.7. The Bertz CT molecular complexity index is 2160. The highest BCUT2D eigenvalue weighted by molar-refractivity contribution is 7.84. The second-order valence-corrected chi connectivity index (χ2v) is 12.6. The Morgan fingerprint density at radius 1 is 0.953 bits per heavy atom. The molecule has 7 rings (SSSR count). The number of allylic oxidation sites excluding steroid dienone is 2. The molecule has 6 aromatic rings. The van der Waals surface area contributed by atoms with E-state index in [0.717, 1.165) is 71.8 Å². The van der Waals surface area contributed by atoms with Gasteiger partial charge in [-0.05, 0) is 79.4 Å². The molecule has 0 bridgehead atoms. The summed E-state index contributed by atoms with van der Waals surface area (Å²) in [4.78, 5) is 5.77. The smallest absolute Gasteiger partial charge is 0.304 e. The quantitative estimate of drug-likeness (QED) is 0.0959. The fraction of sp³-hybridized carbons (Fsp3) is 0.158. The third kappa shape index (κ3) is 3.77. The second-order valence-electron chi connectivity index (χ2n) is 11.9. The number of aliphatic imine (C=N–C) groups is 1. The van der Waals surface area contributed by atoms with Gasteiger partial charge < -0.3 is 4.42 Å². The maximum absolute atomic E-state index is 6.76. The normalized spacial score (nSPS) is 20.6. The highest BCUT2D eigenvalue weighted by Crippen LogP contribution is 2.52. The summed E-state index contributed by atoms with van der Waals surface area (Å²) >= 11 is 4.63. The van der Waals surface area contributed by atoms with Crippen LogP contribution in [0.5, 0.6) is 0 Å². The van der Waals surface area contributed by atoms with Crippen molar-refractivity contribution >= 4 is 58.0 Å². The van der Waals surface area contributed by atoms with Gasteiger partial charge in [-0.25, -0.2) is 0 Å². The van der Waals surface area contributed by atoms with Crippen molar-refractivity contribution < 1.29 is 8.98 Å². The van der Waals surface area contributed by atoms with Crippen molar-refractivity contribution in [1.82, 2.24) is 4.57 Å². The van der Waals surface area contributed by atoms with Crippen LogP contribution in [0.15, 0.2) is 130 Å². The van der Waals surface area contributed by atoms with Crippen LogP contribution in [0.1, 0.15) is 26.3 Å². The van der Waals surface area contributed by atoms with Crippen LogP contribution < -0.4 is 4.57 Å². The molecule has 0 N–H and O–H groups in total. The molecule has 0 saturated heterocycles. The lowest BCUT2D eigenvalue weighted by atomic mass is 9.62. The van der Waals surface area contributed by atoms with Gasteiger partial charge in [0.2, 0.25) is 0 Å². The molecule has 0 radical (unpaired) electrons. The number of hydrogen-bond donors (Lipinski definition) is 1. The number of para-hydroxylation sites is 4. The van der Waals surface area contributed by atoms with Gasteiger partial charge in [-0.1, -0.05) is 80.7 Å². The van der Waals surface area contributed by atoms with Crippen LogP contribution in [0.3, 0.4) is 0 Å². The summed E-state index contributed by atoms with van der Waals surface area (Å²) in [6.45, 7) is 19.9. The van der Waals surface area contributed by atoms with Crippen LogP contribution >= 0.6 is 12.6 Å².